The van der Waals surface area contributed by atoms with Crippen molar-refractivity contribution >= 4 is 60.1 Å². The number of carboxylic acids is 1. The number of carbonyl (C=O) groups excluding carboxylic acids is 1. The fourth-order valence-corrected chi connectivity index (χ4v) is 7.13. The lowest BCUT2D eigenvalue weighted by atomic mass is 9.82. The first-order valence-corrected chi connectivity index (χ1v) is 15.3. The standard InChI is InChI=1S/C25H23N5O7S3/c1-13-7-5-6-8-16(13)15(3)36-24(33)27-19-14(2)29-37-17(19)9-10-18-26-20-21(38-18)28-22(39-20)25(23(31)32)11-30(12-25)40(4,34)35/h5-8,15H,11-12H2,1-4H3,(H,27,33)(H,31,32). The summed E-state index contributed by atoms with van der Waals surface area (Å²) in [5.74, 6) is 4.66. The van der Waals surface area contributed by atoms with Gasteiger partial charge in [0.1, 0.15) is 27.9 Å². The Hall–Kier alpha value is -3.84. The van der Waals surface area contributed by atoms with E-state index in [0.29, 0.717) is 25.4 Å². The van der Waals surface area contributed by atoms with Crippen molar-refractivity contribution in [1.82, 2.24) is 19.4 Å². The normalized spacial score (nSPS) is 15.6. The smallest absolute Gasteiger partial charge is 0.412 e. The molecule has 0 bridgehead atoms. The zero-order chi connectivity index (χ0) is 28.8. The molecule has 1 amide bonds. The van der Waals surface area contributed by atoms with Crippen molar-refractivity contribution in [1.29, 1.82) is 0 Å². The summed E-state index contributed by atoms with van der Waals surface area (Å²) in [4.78, 5) is 34.4. The number of hydrogen-bond acceptors (Lipinski definition) is 11. The van der Waals surface area contributed by atoms with Crippen LogP contribution in [0.5, 0.6) is 0 Å². The van der Waals surface area contributed by atoms with E-state index in [1.54, 1.807) is 13.8 Å². The second kappa shape index (κ2) is 10.3. The topological polar surface area (TPSA) is 165 Å². The number of aryl methyl sites for hydroxylation is 2. The van der Waals surface area contributed by atoms with Crippen molar-refractivity contribution in [3.8, 4) is 11.8 Å². The number of fused-ring (bicyclic) bond motifs is 1. The van der Waals surface area contributed by atoms with Crippen LogP contribution in [0.1, 0.15) is 45.6 Å². The number of sulfonamides is 1. The lowest BCUT2D eigenvalue weighted by Crippen LogP contribution is -2.64. The highest BCUT2D eigenvalue weighted by Gasteiger charge is 2.56. The van der Waals surface area contributed by atoms with Gasteiger partial charge in [0.05, 0.1) is 6.26 Å². The largest absolute Gasteiger partial charge is 0.480 e. The van der Waals surface area contributed by atoms with Crippen molar-refractivity contribution in [2.75, 3.05) is 24.7 Å². The molecule has 0 saturated carbocycles. The molecule has 208 valence electrons. The summed E-state index contributed by atoms with van der Waals surface area (Å²) in [6.45, 7) is 5.02. The Balaban J connectivity index is 1.31. The van der Waals surface area contributed by atoms with Crippen LogP contribution < -0.4 is 5.32 Å². The van der Waals surface area contributed by atoms with Crippen molar-refractivity contribution in [3.05, 3.63) is 56.9 Å². The molecule has 1 saturated heterocycles. The van der Waals surface area contributed by atoms with Crippen LogP contribution in [0.3, 0.4) is 0 Å². The number of hydrogen-bond donors (Lipinski definition) is 2. The van der Waals surface area contributed by atoms with Crippen molar-refractivity contribution in [2.45, 2.75) is 32.3 Å². The molecule has 0 radical (unpaired) electrons. The molecular weight excluding hydrogens is 579 g/mol. The molecule has 4 heterocycles. The predicted molar refractivity (Wildman–Crippen MR) is 148 cm³/mol. The number of carbonyl (C=O) groups is 2. The van der Waals surface area contributed by atoms with Gasteiger partial charge in [0.15, 0.2) is 14.7 Å². The van der Waals surface area contributed by atoms with Crippen LogP contribution in [0.4, 0.5) is 10.5 Å². The molecule has 4 aromatic rings. The summed E-state index contributed by atoms with van der Waals surface area (Å²) in [5.41, 5.74) is 1.18. The Morgan fingerprint density at radius 1 is 1.18 bits per heavy atom. The number of aromatic nitrogens is 3. The molecule has 1 atom stereocenters. The van der Waals surface area contributed by atoms with Crippen molar-refractivity contribution < 1.29 is 32.4 Å². The molecule has 1 aliphatic heterocycles. The number of nitrogens with zero attached hydrogens (tertiary/aromatic N) is 4. The minimum absolute atomic E-state index is 0.116. The SMILES string of the molecule is Cc1ccccc1C(C)OC(=O)Nc1c(C)noc1C#Cc1nc2sc(C3(C(=O)O)CN(S(C)(=O)=O)C3)nc2s1. The van der Waals surface area contributed by atoms with Crippen LogP contribution in [0.2, 0.25) is 0 Å². The van der Waals surface area contributed by atoms with Gasteiger partial charge in [-0.05, 0) is 43.7 Å². The molecule has 1 aromatic carbocycles. The van der Waals surface area contributed by atoms with E-state index in [9.17, 15) is 23.1 Å². The van der Waals surface area contributed by atoms with E-state index >= 15 is 0 Å². The number of ether oxygens (including phenoxy) is 1. The van der Waals surface area contributed by atoms with Gasteiger partial charge in [-0.2, -0.15) is 4.31 Å². The van der Waals surface area contributed by atoms with Gasteiger partial charge in [0.25, 0.3) is 0 Å². The van der Waals surface area contributed by atoms with Gasteiger partial charge in [-0.3, -0.25) is 10.1 Å². The van der Waals surface area contributed by atoms with Crippen LogP contribution in [-0.4, -0.2) is 64.4 Å². The first kappa shape index (κ1) is 27.7. The molecule has 0 aliphatic carbocycles. The minimum Gasteiger partial charge on any atom is -0.480 e. The molecule has 12 nitrogen and oxygen atoms in total. The maximum Gasteiger partial charge on any atom is 0.412 e. The van der Waals surface area contributed by atoms with Gasteiger partial charge >= 0.3 is 12.1 Å². The predicted octanol–water partition coefficient (Wildman–Crippen LogP) is 3.66. The summed E-state index contributed by atoms with van der Waals surface area (Å²) in [6, 6.07) is 7.62. The third kappa shape index (κ3) is 5.18. The number of amides is 1. The zero-order valence-corrected chi connectivity index (χ0v) is 24.2. The van der Waals surface area contributed by atoms with E-state index in [-0.39, 0.29) is 24.5 Å². The molecule has 1 fully saturated rings. The summed E-state index contributed by atoms with van der Waals surface area (Å²) in [7, 11) is -3.50. The number of carboxylic acid groups (broad SMARTS) is 1. The molecular formula is C25H23N5O7S3. The van der Waals surface area contributed by atoms with Gasteiger partial charge in [-0.25, -0.2) is 23.2 Å². The van der Waals surface area contributed by atoms with Gasteiger partial charge in [-0.1, -0.05) is 52.1 Å². The summed E-state index contributed by atoms with van der Waals surface area (Å²) < 4.78 is 35.4. The van der Waals surface area contributed by atoms with Crippen molar-refractivity contribution in [3.63, 3.8) is 0 Å². The second-order valence-corrected chi connectivity index (χ2v) is 13.3. The monoisotopic (exact) mass is 601 g/mol. The lowest BCUT2D eigenvalue weighted by Gasteiger charge is -2.43. The maximum atomic E-state index is 12.6. The fraction of sp³-hybridized carbons (Fsp3) is 0.320. The molecule has 0 spiro atoms. The second-order valence-electron chi connectivity index (χ2n) is 9.32. The van der Waals surface area contributed by atoms with Gasteiger partial charge in [0, 0.05) is 13.1 Å². The van der Waals surface area contributed by atoms with E-state index in [0.717, 1.165) is 44.4 Å². The van der Waals surface area contributed by atoms with Gasteiger partial charge < -0.3 is 14.4 Å². The van der Waals surface area contributed by atoms with E-state index in [4.69, 9.17) is 9.26 Å². The van der Waals surface area contributed by atoms with Gasteiger partial charge in [-0.15, -0.1) is 0 Å². The number of nitrogens with one attached hydrogen (secondary N) is 1. The number of benzene rings is 1. The number of aliphatic carboxylic acids is 1. The van der Waals surface area contributed by atoms with Crippen molar-refractivity contribution in [2.24, 2.45) is 0 Å². The Bertz CT molecular complexity index is 1770. The van der Waals surface area contributed by atoms with Crippen LogP contribution in [-0.2, 0) is 25.0 Å². The number of anilines is 1. The Labute approximate surface area is 237 Å². The van der Waals surface area contributed by atoms with E-state index < -0.39 is 33.6 Å². The summed E-state index contributed by atoms with van der Waals surface area (Å²) in [5, 5.41) is 17.0. The Kier molecular flexibility index (Phi) is 7.13. The molecule has 15 heteroatoms. The first-order valence-electron chi connectivity index (χ1n) is 11.9. The van der Waals surface area contributed by atoms with Crippen LogP contribution >= 0.6 is 22.7 Å². The zero-order valence-electron chi connectivity index (χ0n) is 21.7. The lowest BCUT2D eigenvalue weighted by molar-refractivity contribution is -0.148. The fourth-order valence-electron chi connectivity index (χ4n) is 4.16. The molecule has 40 heavy (non-hydrogen) atoms. The average molecular weight is 602 g/mol. The van der Waals surface area contributed by atoms with E-state index in [1.165, 1.54) is 0 Å². The molecule has 3 aromatic heterocycles. The van der Waals surface area contributed by atoms with Crippen LogP contribution in [0, 0.1) is 25.7 Å². The minimum atomic E-state index is -3.50. The third-order valence-electron chi connectivity index (χ3n) is 6.44. The quantitative estimate of drug-likeness (QED) is 0.312. The molecule has 2 N–H and O–H groups in total. The average Bonchev–Trinajstić information content (AvgIpc) is 3.50. The molecule has 1 unspecified atom stereocenters. The molecule has 5 rings (SSSR count). The third-order valence-corrected chi connectivity index (χ3v) is 9.78. The van der Waals surface area contributed by atoms with Gasteiger partial charge in [0.2, 0.25) is 15.8 Å². The van der Waals surface area contributed by atoms with Crippen LogP contribution in [0.25, 0.3) is 9.66 Å². The summed E-state index contributed by atoms with van der Waals surface area (Å²) >= 11 is 2.25. The highest BCUT2D eigenvalue weighted by atomic mass is 32.2. The van der Waals surface area contributed by atoms with E-state index in [2.05, 4.69) is 32.3 Å². The Morgan fingerprint density at radius 3 is 2.52 bits per heavy atom. The highest BCUT2D eigenvalue weighted by Crippen LogP contribution is 2.41. The Morgan fingerprint density at radius 2 is 1.88 bits per heavy atom. The first-order chi connectivity index (χ1) is 18.9. The molecule has 1 aliphatic rings. The summed E-state index contributed by atoms with van der Waals surface area (Å²) in [6.07, 6.45) is -0.127. The maximum absolute atomic E-state index is 12.6. The number of rotatable bonds is 6. The highest BCUT2D eigenvalue weighted by molar-refractivity contribution is 7.88. The van der Waals surface area contributed by atoms with Crippen LogP contribution in [0.15, 0.2) is 28.8 Å². The number of thiazole rings is 2. The van der Waals surface area contributed by atoms with E-state index in [1.807, 2.05) is 31.2 Å².